The summed E-state index contributed by atoms with van der Waals surface area (Å²) in [6.07, 6.45) is 5.31. The van der Waals surface area contributed by atoms with E-state index in [1.165, 1.54) is 11.3 Å². The largest absolute Gasteiger partial charge is 0.398 e. The van der Waals surface area contributed by atoms with Crippen LogP contribution < -0.4 is 5.73 Å². The first kappa shape index (κ1) is 13.2. The van der Waals surface area contributed by atoms with E-state index in [1.807, 2.05) is 0 Å². The SMILES string of the molecule is CCC1CCCCC1N1C(=O)c2cccc(N)c2C1=O. The maximum absolute atomic E-state index is 12.6. The molecule has 2 unspecified atom stereocenters. The highest BCUT2D eigenvalue weighted by Crippen LogP contribution is 2.36. The van der Waals surface area contributed by atoms with Crippen molar-refractivity contribution in [2.24, 2.45) is 5.92 Å². The summed E-state index contributed by atoms with van der Waals surface area (Å²) < 4.78 is 0. The molecular weight excluding hydrogens is 252 g/mol. The number of benzene rings is 1. The highest BCUT2D eigenvalue weighted by Gasteiger charge is 2.43. The van der Waals surface area contributed by atoms with Gasteiger partial charge in [-0.15, -0.1) is 0 Å². The third-order valence-electron chi connectivity index (χ3n) is 4.70. The van der Waals surface area contributed by atoms with E-state index in [1.54, 1.807) is 18.2 Å². The molecule has 0 saturated heterocycles. The van der Waals surface area contributed by atoms with Gasteiger partial charge < -0.3 is 5.73 Å². The molecule has 0 aromatic heterocycles. The molecule has 2 amide bonds. The van der Waals surface area contributed by atoms with Crippen molar-refractivity contribution in [1.29, 1.82) is 0 Å². The van der Waals surface area contributed by atoms with Gasteiger partial charge in [0.15, 0.2) is 0 Å². The van der Waals surface area contributed by atoms with Crippen LogP contribution in [0.15, 0.2) is 18.2 Å². The van der Waals surface area contributed by atoms with Crippen molar-refractivity contribution >= 4 is 17.5 Å². The fraction of sp³-hybridized carbons (Fsp3) is 0.500. The van der Waals surface area contributed by atoms with Crippen molar-refractivity contribution in [2.75, 3.05) is 5.73 Å². The number of imide groups is 1. The van der Waals surface area contributed by atoms with Crippen LogP contribution in [0.1, 0.15) is 59.7 Å². The van der Waals surface area contributed by atoms with Gasteiger partial charge in [-0.1, -0.05) is 32.3 Å². The number of amides is 2. The highest BCUT2D eigenvalue weighted by atomic mass is 16.2. The van der Waals surface area contributed by atoms with Crippen LogP contribution in [0, 0.1) is 5.92 Å². The van der Waals surface area contributed by atoms with Gasteiger partial charge >= 0.3 is 0 Å². The number of nitrogens with two attached hydrogens (primary N) is 1. The van der Waals surface area contributed by atoms with Crippen LogP contribution in [-0.2, 0) is 0 Å². The fourth-order valence-corrected chi connectivity index (χ4v) is 3.63. The Morgan fingerprint density at radius 1 is 1.20 bits per heavy atom. The van der Waals surface area contributed by atoms with Crippen LogP contribution in [0.4, 0.5) is 5.69 Å². The van der Waals surface area contributed by atoms with E-state index >= 15 is 0 Å². The Labute approximate surface area is 118 Å². The molecule has 1 heterocycles. The second-order valence-corrected chi connectivity index (χ2v) is 5.77. The molecule has 1 saturated carbocycles. The number of hydrogen-bond acceptors (Lipinski definition) is 3. The summed E-state index contributed by atoms with van der Waals surface area (Å²) in [5, 5.41) is 0. The molecule has 4 heteroatoms. The number of carbonyl (C=O) groups is 2. The van der Waals surface area contributed by atoms with Crippen LogP contribution in [-0.4, -0.2) is 22.8 Å². The van der Waals surface area contributed by atoms with Gasteiger partial charge in [0.25, 0.3) is 11.8 Å². The molecule has 3 rings (SSSR count). The van der Waals surface area contributed by atoms with Crippen molar-refractivity contribution in [2.45, 2.75) is 45.1 Å². The Hall–Kier alpha value is -1.84. The van der Waals surface area contributed by atoms with Crippen molar-refractivity contribution in [1.82, 2.24) is 4.90 Å². The molecule has 2 atom stereocenters. The van der Waals surface area contributed by atoms with Crippen molar-refractivity contribution in [3.05, 3.63) is 29.3 Å². The summed E-state index contributed by atoms with van der Waals surface area (Å²) in [5.74, 6) is 0.0586. The third-order valence-corrected chi connectivity index (χ3v) is 4.70. The van der Waals surface area contributed by atoms with Gasteiger partial charge in [0.1, 0.15) is 0 Å². The van der Waals surface area contributed by atoms with E-state index in [9.17, 15) is 9.59 Å². The Kier molecular flexibility index (Phi) is 3.24. The molecule has 1 aliphatic carbocycles. The summed E-state index contributed by atoms with van der Waals surface area (Å²) in [7, 11) is 0. The second kappa shape index (κ2) is 4.93. The molecular formula is C16H20N2O2. The van der Waals surface area contributed by atoms with Crippen LogP contribution in [0.25, 0.3) is 0 Å². The van der Waals surface area contributed by atoms with E-state index in [2.05, 4.69) is 6.92 Å². The number of hydrogen-bond donors (Lipinski definition) is 1. The monoisotopic (exact) mass is 272 g/mol. The molecule has 2 aliphatic rings. The average molecular weight is 272 g/mol. The molecule has 2 N–H and O–H groups in total. The minimum atomic E-state index is -0.201. The van der Waals surface area contributed by atoms with Gasteiger partial charge in [-0.3, -0.25) is 14.5 Å². The topological polar surface area (TPSA) is 63.4 Å². The van der Waals surface area contributed by atoms with Crippen LogP contribution in [0.2, 0.25) is 0 Å². The Morgan fingerprint density at radius 2 is 1.95 bits per heavy atom. The smallest absolute Gasteiger partial charge is 0.263 e. The lowest BCUT2D eigenvalue weighted by Crippen LogP contribution is -2.45. The van der Waals surface area contributed by atoms with E-state index in [0.717, 1.165) is 25.7 Å². The fourth-order valence-electron chi connectivity index (χ4n) is 3.63. The molecule has 20 heavy (non-hydrogen) atoms. The number of anilines is 1. The first-order valence-corrected chi connectivity index (χ1v) is 7.41. The lowest BCUT2D eigenvalue weighted by Gasteiger charge is -2.36. The van der Waals surface area contributed by atoms with Gasteiger partial charge in [-0.25, -0.2) is 0 Å². The van der Waals surface area contributed by atoms with Crippen molar-refractivity contribution in [3.63, 3.8) is 0 Å². The molecule has 1 fully saturated rings. The van der Waals surface area contributed by atoms with E-state index < -0.39 is 0 Å². The zero-order chi connectivity index (χ0) is 14.3. The molecule has 1 aromatic rings. The summed E-state index contributed by atoms with van der Waals surface area (Å²) in [5.41, 5.74) is 7.16. The Balaban J connectivity index is 1.99. The molecule has 0 spiro atoms. The van der Waals surface area contributed by atoms with Crippen LogP contribution in [0.3, 0.4) is 0 Å². The van der Waals surface area contributed by atoms with Crippen molar-refractivity contribution in [3.8, 4) is 0 Å². The van der Waals surface area contributed by atoms with E-state index in [0.29, 0.717) is 22.7 Å². The number of nitrogen functional groups attached to an aromatic ring is 1. The average Bonchev–Trinajstić information content (AvgIpc) is 2.72. The minimum absolute atomic E-state index is 0.0422. The maximum Gasteiger partial charge on any atom is 0.263 e. The minimum Gasteiger partial charge on any atom is -0.398 e. The molecule has 4 nitrogen and oxygen atoms in total. The Morgan fingerprint density at radius 3 is 2.65 bits per heavy atom. The number of carbonyl (C=O) groups excluding carboxylic acids is 2. The summed E-state index contributed by atoms with van der Waals surface area (Å²) in [6.45, 7) is 2.13. The van der Waals surface area contributed by atoms with Gasteiger partial charge in [-0.2, -0.15) is 0 Å². The quantitative estimate of drug-likeness (QED) is 0.665. The first-order valence-electron chi connectivity index (χ1n) is 7.41. The number of rotatable bonds is 2. The summed E-state index contributed by atoms with van der Waals surface area (Å²) in [4.78, 5) is 26.7. The predicted octanol–water partition coefficient (Wildman–Crippen LogP) is 2.83. The molecule has 1 aliphatic heterocycles. The second-order valence-electron chi connectivity index (χ2n) is 5.77. The lowest BCUT2D eigenvalue weighted by atomic mass is 9.82. The van der Waals surface area contributed by atoms with Gasteiger partial charge in [0.2, 0.25) is 0 Å². The Bertz CT molecular complexity index is 568. The lowest BCUT2D eigenvalue weighted by molar-refractivity contribution is 0.0468. The van der Waals surface area contributed by atoms with E-state index in [-0.39, 0.29) is 17.9 Å². The normalized spacial score (nSPS) is 25.9. The highest BCUT2D eigenvalue weighted by molar-refractivity contribution is 6.23. The zero-order valence-corrected chi connectivity index (χ0v) is 11.8. The standard InChI is InChI=1S/C16H20N2O2/c1-2-10-6-3-4-9-13(10)18-15(19)11-7-5-8-12(17)14(11)16(18)20/h5,7-8,10,13H,2-4,6,9,17H2,1H3. The molecule has 1 aromatic carbocycles. The summed E-state index contributed by atoms with van der Waals surface area (Å²) in [6, 6.07) is 5.17. The molecule has 0 radical (unpaired) electrons. The van der Waals surface area contributed by atoms with Crippen molar-refractivity contribution < 1.29 is 9.59 Å². The molecule has 0 bridgehead atoms. The van der Waals surface area contributed by atoms with Gasteiger partial charge in [0.05, 0.1) is 11.1 Å². The number of nitrogens with zero attached hydrogens (tertiary/aromatic N) is 1. The summed E-state index contributed by atoms with van der Waals surface area (Å²) >= 11 is 0. The predicted molar refractivity (Wildman–Crippen MR) is 77.4 cm³/mol. The first-order chi connectivity index (χ1) is 9.65. The van der Waals surface area contributed by atoms with Gasteiger partial charge in [-0.05, 0) is 30.9 Å². The van der Waals surface area contributed by atoms with Gasteiger partial charge in [0, 0.05) is 11.7 Å². The zero-order valence-electron chi connectivity index (χ0n) is 11.8. The molecule has 106 valence electrons. The van der Waals surface area contributed by atoms with Crippen LogP contribution in [0.5, 0.6) is 0 Å². The van der Waals surface area contributed by atoms with E-state index in [4.69, 9.17) is 5.73 Å². The van der Waals surface area contributed by atoms with Crippen LogP contribution >= 0.6 is 0 Å². The maximum atomic E-state index is 12.6. The third kappa shape index (κ3) is 1.82. The number of fused-ring (bicyclic) bond motifs is 1.